The lowest BCUT2D eigenvalue weighted by Crippen LogP contribution is -2.33. The molecule has 0 bridgehead atoms. The van der Waals surface area contributed by atoms with Crippen LogP contribution in [0.3, 0.4) is 0 Å². The maximum Gasteiger partial charge on any atom is 0.225 e. The molecule has 6 heteroatoms. The molecule has 0 spiro atoms. The summed E-state index contributed by atoms with van der Waals surface area (Å²) in [5.74, 6) is 0.456. The smallest absolute Gasteiger partial charge is 0.225 e. The number of ether oxygens (including phenoxy) is 1. The van der Waals surface area contributed by atoms with Crippen molar-refractivity contribution in [3.8, 4) is 5.75 Å². The quantitative estimate of drug-likeness (QED) is 0.824. The Bertz CT molecular complexity index is 764. The number of amides is 2. The molecule has 2 heterocycles. The number of carbonyl (C=O) groups is 2. The van der Waals surface area contributed by atoms with E-state index in [2.05, 4.69) is 10.3 Å². The van der Waals surface area contributed by atoms with Crippen LogP contribution in [-0.2, 0) is 22.6 Å². The van der Waals surface area contributed by atoms with E-state index in [9.17, 15) is 9.59 Å². The molecular weight excluding hydrogens is 330 g/mol. The summed E-state index contributed by atoms with van der Waals surface area (Å²) in [6.07, 6.45) is 2.71. The van der Waals surface area contributed by atoms with E-state index in [1.165, 1.54) is 0 Å². The zero-order valence-electron chi connectivity index (χ0n) is 14.9. The van der Waals surface area contributed by atoms with Crippen LogP contribution in [0.15, 0.2) is 48.7 Å². The van der Waals surface area contributed by atoms with Crippen molar-refractivity contribution in [1.29, 1.82) is 0 Å². The van der Waals surface area contributed by atoms with Gasteiger partial charge < -0.3 is 15.0 Å². The summed E-state index contributed by atoms with van der Waals surface area (Å²) in [7, 11) is 1.64. The number of hydrogen-bond donors (Lipinski definition) is 1. The minimum Gasteiger partial charge on any atom is -0.497 e. The summed E-state index contributed by atoms with van der Waals surface area (Å²) in [6.45, 7) is 1.46. The second kappa shape index (κ2) is 8.47. The zero-order chi connectivity index (χ0) is 18.4. The van der Waals surface area contributed by atoms with Gasteiger partial charge in [0.25, 0.3) is 0 Å². The number of benzene rings is 1. The predicted octanol–water partition coefficient (Wildman–Crippen LogP) is 1.80. The highest BCUT2D eigenvalue weighted by molar-refractivity contribution is 5.89. The fourth-order valence-corrected chi connectivity index (χ4v) is 3.08. The Balaban J connectivity index is 1.49. The Morgan fingerprint density at radius 2 is 2.19 bits per heavy atom. The molecule has 0 radical (unpaired) electrons. The minimum absolute atomic E-state index is 0.0332. The molecule has 2 amide bonds. The SMILES string of the molecule is COc1cccc(CCN2CC(C(=O)NCc3ccccn3)CC2=O)c1. The Kier molecular flexibility index (Phi) is 5.84. The van der Waals surface area contributed by atoms with Crippen LogP contribution in [0.25, 0.3) is 0 Å². The number of nitrogens with zero attached hydrogens (tertiary/aromatic N) is 2. The van der Waals surface area contributed by atoms with Crippen LogP contribution >= 0.6 is 0 Å². The highest BCUT2D eigenvalue weighted by atomic mass is 16.5. The lowest BCUT2D eigenvalue weighted by Gasteiger charge is -2.17. The van der Waals surface area contributed by atoms with Crippen molar-refractivity contribution in [2.24, 2.45) is 5.92 Å². The molecule has 1 saturated heterocycles. The molecule has 0 aliphatic carbocycles. The number of carbonyl (C=O) groups excluding carboxylic acids is 2. The van der Waals surface area contributed by atoms with Gasteiger partial charge in [0, 0.05) is 25.7 Å². The predicted molar refractivity (Wildman–Crippen MR) is 97.5 cm³/mol. The van der Waals surface area contributed by atoms with Crippen LogP contribution in [-0.4, -0.2) is 41.9 Å². The van der Waals surface area contributed by atoms with E-state index >= 15 is 0 Å². The maximum atomic E-state index is 12.3. The third-order valence-electron chi connectivity index (χ3n) is 4.56. The summed E-state index contributed by atoms with van der Waals surface area (Å²) in [5, 5.41) is 2.87. The number of rotatable bonds is 7. The van der Waals surface area contributed by atoms with E-state index in [1.807, 2.05) is 42.5 Å². The molecule has 1 aliphatic heterocycles. The Hall–Kier alpha value is -2.89. The highest BCUT2D eigenvalue weighted by Crippen LogP contribution is 2.19. The van der Waals surface area contributed by atoms with Gasteiger partial charge in [0.1, 0.15) is 5.75 Å². The first-order valence-electron chi connectivity index (χ1n) is 8.74. The monoisotopic (exact) mass is 353 g/mol. The first-order valence-corrected chi connectivity index (χ1v) is 8.74. The first kappa shape index (κ1) is 17.9. The molecular formula is C20H23N3O3. The second-order valence-electron chi connectivity index (χ2n) is 6.38. The molecule has 1 atom stereocenters. The van der Waals surface area contributed by atoms with Gasteiger partial charge in [-0.25, -0.2) is 0 Å². The zero-order valence-corrected chi connectivity index (χ0v) is 14.9. The summed E-state index contributed by atoms with van der Waals surface area (Å²) < 4.78 is 5.22. The molecule has 6 nitrogen and oxygen atoms in total. The largest absolute Gasteiger partial charge is 0.497 e. The highest BCUT2D eigenvalue weighted by Gasteiger charge is 2.33. The summed E-state index contributed by atoms with van der Waals surface area (Å²) in [6, 6.07) is 13.4. The van der Waals surface area contributed by atoms with Crippen molar-refractivity contribution in [1.82, 2.24) is 15.2 Å². The molecule has 1 aliphatic rings. The van der Waals surface area contributed by atoms with Crippen LogP contribution < -0.4 is 10.1 Å². The summed E-state index contributed by atoms with van der Waals surface area (Å²) in [4.78, 5) is 30.5. The number of nitrogens with one attached hydrogen (secondary N) is 1. The standard InChI is InChI=1S/C20H23N3O3/c1-26-18-7-4-5-15(11-18)8-10-23-14-16(12-19(23)24)20(25)22-13-17-6-2-3-9-21-17/h2-7,9,11,16H,8,10,12-14H2,1H3,(H,22,25). The Labute approximate surface area is 153 Å². The topological polar surface area (TPSA) is 71.5 Å². The van der Waals surface area contributed by atoms with E-state index in [0.717, 1.165) is 23.4 Å². The van der Waals surface area contributed by atoms with Crippen molar-refractivity contribution in [3.63, 3.8) is 0 Å². The first-order chi connectivity index (χ1) is 12.7. The molecule has 26 heavy (non-hydrogen) atoms. The number of methoxy groups -OCH3 is 1. The van der Waals surface area contributed by atoms with E-state index in [0.29, 0.717) is 19.6 Å². The minimum atomic E-state index is -0.295. The molecule has 1 aromatic carbocycles. The van der Waals surface area contributed by atoms with Gasteiger partial charge in [-0.15, -0.1) is 0 Å². The third-order valence-corrected chi connectivity index (χ3v) is 4.56. The van der Waals surface area contributed by atoms with Crippen molar-refractivity contribution in [2.45, 2.75) is 19.4 Å². The molecule has 1 fully saturated rings. The summed E-state index contributed by atoms with van der Waals surface area (Å²) in [5.41, 5.74) is 1.92. The van der Waals surface area contributed by atoms with Crippen molar-refractivity contribution in [2.75, 3.05) is 20.2 Å². The fourth-order valence-electron chi connectivity index (χ4n) is 3.08. The van der Waals surface area contributed by atoms with Crippen LogP contribution in [0.1, 0.15) is 17.7 Å². The molecule has 1 aromatic heterocycles. The molecule has 3 rings (SSSR count). The van der Waals surface area contributed by atoms with Gasteiger partial charge in [-0.1, -0.05) is 18.2 Å². The molecule has 136 valence electrons. The lowest BCUT2D eigenvalue weighted by molar-refractivity contribution is -0.129. The Morgan fingerprint density at radius 3 is 2.96 bits per heavy atom. The summed E-state index contributed by atoms with van der Waals surface area (Å²) >= 11 is 0. The van der Waals surface area contributed by atoms with Crippen molar-refractivity contribution in [3.05, 3.63) is 59.9 Å². The normalized spacial score (nSPS) is 16.6. The molecule has 1 unspecified atom stereocenters. The van der Waals surface area contributed by atoms with Gasteiger partial charge in [0.2, 0.25) is 11.8 Å². The van der Waals surface area contributed by atoms with Gasteiger partial charge in [-0.2, -0.15) is 0 Å². The number of aromatic nitrogens is 1. The lowest BCUT2D eigenvalue weighted by atomic mass is 10.1. The second-order valence-corrected chi connectivity index (χ2v) is 6.38. The van der Waals surface area contributed by atoms with Gasteiger partial charge in [0.15, 0.2) is 0 Å². The van der Waals surface area contributed by atoms with Crippen LogP contribution in [0.5, 0.6) is 5.75 Å². The maximum absolute atomic E-state index is 12.3. The van der Waals surface area contributed by atoms with Crippen molar-refractivity contribution >= 4 is 11.8 Å². The number of hydrogen-bond acceptors (Lipinski definition) is 4. The molecule has 2 aromatic rings. The van der Waals surface area contributed by atoms with Gasteiger partial charge in [-0.3, -0.25) is 14.6 Å². The number of pyridine rings is 1. The van der Waals surface area contributed by atoms with E-state index in [1.54, 1.807) is 18.2 Å². The average Bonchev–Trinajstić information content (AvgIpc) is 3.06. The fraction of sp³-hybridized carbons (Fsp3) is 0.350. The van der Waals surface area contributed by atoms with Gasteiger partial charge in [-0.05, 0) is 36.2 Å². The Morgan fingerprint density at radius 1 is 1.31 bits per heavy atom. The van der Waals surface area contributed by atoms with Gasteiger partial charge in [0.05, 0.1) is 25.3 Å². The average molecular weight is 353 g/mol. The van der Waals surface area contributed by atoms with Crippen LogP contribution in [0.2, 0.25) is 0 Å². The van der Waals surface area contributed by atoms with E-state index < -0.39 is 0 Å². The molecule has 0 saturated carbocycles. The van der Waals surface area contributed by atoms with Crippen molar-refractivity contribution < 1.29 is 14.3 Å². The van der Waals surface area contributed by atoms with Crippen LogP contribution in [0, 0.1) is 5.92 Å². The molecule has 1 N–H and O–H groups in total. The van der Waals surface area contributed by atoms with E-state index in [-0.39, 0.29) is 24.2 Å². The third kappa shape index (κ3) is 4.59. The number of likely N-dealkylation sites (tertiary alicyclic amines) is 1. The van der Waals surface area contributed by atoms with Crippen LogP contribution in [0.4, 0.5) is 0 Å². The van der Waals surface area contributed by atoms with E-state index in [4.69, 9.17) is 4.74 Å². The van der Waals surface area contributed by atoms with Gasteiger partial charge >= 0.3 is 0 Å².